The lowest BCUT2D eigenvalue weighted by Crippen LogP contribution is -2.50. The Kier molecular flexibility index (Phi) is 5.20. The molecular formula is C24H26N4O4. The zero-order valence-electron chi connectivity index (χ0n) is 18.3. The molecule has 32 heavy (non-hydrogen) atoms. The fourth-order valence-corrected chi connectivity index (χ4v) is 4.64. The molecule has 0 saturated carbocycles. The van der Waals surface area contributed by atoms with Gasteiger partial charge in [-0.2, -0.15) is 0 Å². The largest absolute Gasteiger partial charge is 0.495 e. The zero-order valence-corrected chi connectivity index (χ0v) is 18.3. The Morgan fingerprint density at radius 2 is 1.91 bits per heavy atom. The van der Waals surface area contributed by atoms with Gasteiger partial charge in [0.2, 0.25) is 11.8 Å². The van der Waals surface area contributed by atoms with Gasteiger partial charge in [0.1, 0.15) is 11.3 Å². The van der Waals surface area contributed by atoms with Gasteiger partial charge in [0.25, 0.3) is 0 Å². The number of rotatable bonds is 4. The normalized spacial score (nSPS) is 19.1. The van der Waals surface area contributed by atoms with Crippen LogP contribution in [0.3, 0.4) is 0 Å². The number of aromatic nitrogens is 1. The number of para-hydroxylation sites is 2. The minimum atomic E-state index is -0.324. The molecule has 3 heterocycles. The lowest BCUT2D eigenvalue weighted by molar-refractivity contribution is -0.136. The maximum Gasteiger partial charge on any atom is 0.228 e. The van der Waals surface area contributed by atoms with Gasteiger partial charge in [0, 0.05) is 51.8 Å². The molecule has 2 aliphatic heterocycles. The number of carbonyl (C=O) groups excluding carboxylic acids is 2. The molecular weight excluding hydrogens is 408 g/mol. The highest BCUT2D eigenvalue weighted by Gasteiger charge is 2.38. The van der Waals surface area contributed by atoms with Crippen molar-refractivity contribution in [1.29, 1.82) is 0 Å². The van der Waals surface area contributed by atoms with Crippen LogP contribution in [0, 0.1) is 12.8 Å². The van der Waals surface area contributed by atoms with Crippen molar-refractivity contribution in [2.45, 2.75) is 13.3 Å². The van der Waals surface area contributed by atoms with E-state index < -0.39 is 0 Å². The van der Waals surface area contributed by atoms with Crippen molar-refractivity contribution in [3.8, 4) is 5.75 Å². The van der Waals surface area contributed by atoms with E-state index in [1.807, 2.05) is 47.4 Å². The molecule has 2 aliphatic rings. The van der Waals surface area contributed by atoms with Crippen LogP contribution in [0.4, 0.5) is 11.4 Å². The molecule has 5 rings (SSSR count). The molecule has 0 aliphatic carbocycles. The van der Waals surface area contributed by atoms with Crippen LogP contribution in [-0.4, -0.2) is 61.5 Å². The molecule has 3 aromatic rings. The van der Waals surface area contributed by atoms with E-state index >= 15 is 0 Å². The summed E-state index contributed by atoms with van der Waals surface area (Å²) in [5, 5.41) is 0. The maximum atomic E-state index is 13.2. The van der Waals surface area contributed by atoms with E-state index in [1.165, 1.54) is 0 Å². The van der Waals surface area contributed by atoms with Gasteiger partial charge in [-0.25, -0.2) is 4.98 Å². The summed E-state index contributed by atoms with van der Waals surface area (Å²) in [6.45, 7) is 4.92. The summed E-state index contributed by atoms with van der Waals surface area (Å²) in [6, 6.07) is 13.5. The Morgan fingerprint density at radius 3 is 2.69 bits per heavy atom. The summed E-state index contributed by atoms with van der Waals surface area (Å²) < 4.78 is 11.0. The Hall–Kier alpha value is -3.55. The van der Waals surface area contributed by atoms with E-state index in [4.69, 9.17) is 9.15 Å². The zero-order chi connectivity index (χ0) is 22.2. The number of hydrogen-bond donors (Lipinski definition) is 0. The summed E-state index contributed by atoms with van der Waals surface area (Å²) in [6.07, 6.45) is 0.238. The third-order valence-corrected chi connectivity index (χ3v) is 6.28. The van der Waals surface area contributed by atoms with Gasteiger partial charge < -0.3 is 23.9 Å². The molecule has 0 N–H and O–H groups in total. The number of hydrogen-bond acceptors (Lipinski definition) is 6. The van der Waals surface area contributed by atoms with E-state index in [1.54, 1.807) is 18.9 Å². The van der Waals surface area contributed by atoms with Crippen molar-refractivity contribution in [3.63, 3.8) is 0 Å². The van der Waals surface area contributed by atoms with E-state index in [0.717, 1.165) is 35.7 Å². The van der Waals surface area contributed by atoms with Crippen LogP contribution in [0.5, 0.6) is 5.75 Å². The standard InChI is InChI=1S/C24H26N4O4/c1-16-25-19-14-18(7-8-21(19)32-16)28-15-17(13-23(28)29)24(30)27-11-9-26(10-12-27)20-5-3-4-6-22(20)31-2/h3-8,14,17H,9-13,15H2,1-2H3. The highest BCUT2D eigenvalue weighted by molar-refractivity contribution is 6.01. The number of amides is 2. The van der Waals surface area contributed by atoms with Crippen molar-refractivity contribution in [2.24, 2.45) is 5.92 Å². The van der Waals surface area contributed by atoms with E-state index in [2.05, 4.69) is 9.88 Å². The first-order valence-corrected chi connectivity index (χ1v) is 10.9. The summed E-state index contributed by atoms with van der Waals surface area (Å²) in [7, 11) is 1.67. The monoisotopic (exact) mass is 434 g/mol. The summed E-state index contributed by atoms with van der Waals surface area (Å²) in [5.41, 5.74) is 3.21. The van der Waals surface area contributed by atoms with Gasteiger partial charge in [-0.05, 0) is 30.3 Å². The van der Waals surface area contributed by atoms with Crippen LogP contribution >= 0.6 is 0 Å². The number of nitrogens with zero attached hydrogens (tertiary/aromatic N) is 4. The van der Waals surface area contributed by atoms with E-state index in [9.17, 15) is 9.59 Å². The third kappa shape index (κ3) is 3.66. The summed E-state index contributed by atoms with van der Waals surface area (Å²) in [4.78, 5) is 36.1. The van der Waals surface area contributed by atoms with E-state index in [-0.39, 0.29) is 24.2 Å². The number of anilines is 2. The van der Waals surface area contributed by atoms with Gasteiger partial charge >= 0.3 is 0 Å². The molecule has 2 saturated heterocycles. The summed E-state index contributed by atoms with van der Waals surface area (Å²) in [5.74, 6) is 1.12. The summed E-state index contributed by atoms with van der Waals surface area (Å²) >= 11 is 0. The minimum absolute atomic E-state index is 0.0319. The first kappa shape index (κ1) is 20.4. The second-order valence-electron chi connectivity index (χ2n) is 8.27. The molecule has 0 spiro atoms. The second-order valence-corrected chi connectivity index (χ2v) is 8.27. The van der Waals surface area contributed by atoms with Crippen LogP contribution in [0.15, 0.2) is 46.9 Å². The number of ether oxygens (including phenoxy) is 1. The molecule has 8 heteroatoms. The first-order valence-electron chi connectivity index (χ1n) is 10.9. The third-order valence-electron chi connectivity index (χ3n) is 6.28. The SMILES string of the molecule is COc1ccccc1N1CCN(C(=O)C2CC(=O)N(c3ccc4oc(C)nc4c3)C2)CC1. The maximum absolute atomic E-state index is 13.2. The fraction of sp³-hybridized carbons (Fsp3) is 0.375. The van der Waals surface area contributed by atoms with Gasteiger partial charge in [-0.3, -0.25) is 9.59 Å². The molecule has 1 unspecified atom stereocenters. The number of methoxy groups -OCH3 is 1. The number of fused-ring (bicyclic) bond motifs is 1. The lowest BCUT2D eigenvalue weighted by atomic mass is 10.1. The number of carbonyl (C=O) groups is 2. The molecule has 2 aromatic carbocycles. The Bertz CT molecular complexity index is 1170. The van der Waals surface area contributed by atoms with Gasteiger partial charge in [-0.1, -0.05) is 12.1 Å². The topological polar surface area (TPSA) is 79.1 Å². The highest BCUT2D eigenvalue weighted by Crippen LogP contribution is 2.31. The Morgan fingerprint density at radius 1 is 1.12 bits per heavy atom. The van der Waals surface area contributed by atoms with Gasteiger partial charge in [-0.15, -0.1) is 0 Å². The minimum Gasteiger partial charge on any atom is -0.495 e. The van der Waals surface area contributed by atoms with Crippen LogP contribution < -0.4 is 14.5 Å². The van der Waals surface area contributed by atoms with Gasteiger partial charge in [0.15, 0.2) is 11.5 Å². The van der Waals surface area contributed by atoms with Crippen LogP contribution in [-0.2, 0) is 9.59 Å². The number of benzene rings is 2. The number of oxazole rings is 1. The quantitative estimate of drug-likeness (QED) is 0.628. The second kappa shape index (κ2) is 8.18. The first-order chi connectivity index (χ1) is 15.5. The molecule has 0 bridgehead atoms. The van der Waals surface area contributed by atoms with Crippen molar-refractivity contribution in [2.75, 3.05) is 49.6 Å². The average Bonchev–Trinajstić information content (AvgIpc) is 3.39. The van der Waals surface area contributed by atoms with Crippen molar-refractivity contribution >= 4 is 34.3 Å². The Labute approximate surface area is 186 Å². The van der Waals surface area contributed by atoms with Crippen molar-refractivity contribution < 1.29 is 18.7 Å². The lowest BCUT2D eigenvalue weighted by Gasteiger charge is -2.37. The molecule has 8 nitrogen and oxygen atoms in total. The van der Waals surface area contributed by atoms with Crippen molar-refractivity contribution in [3.05, 3.63) is 48.4 Å². The molecule has 2 fully saturated rings. The van der Waals surface area contributed by atoms with Crippen LogP contribution in [0.1, 0.15) is 12.3 Å². The molecule has 166 valence electrons. The predicted molar refractivity (Wildman–Crippen MR) is 121 cm³/mol. The predicted octanol–water partition coefficient (Wildman–Crippen LogP) is 2.85. The smallest absolute Gasteiger partial charge is 0.228 e. The molecule has 0 radical (unpaired) electrons. The molecule has 2 amide bonds. The fourth-order valence-electron chi connectivity index (χ4n) is 4.64. The van der Waals surface area contributed by atoms with Crippen molar-refractivity contribution in [1.82, 2.24) is 9.88 Å². The highest BCUT2D eigenvalue weighted by atomic mass is 16.5. The van der Waals surface area contributed by atoms with Gasteiger partial charge in [0.05, 0.1) is 18.7 Å². The Balaban J connectivity index is 1.24. The molecule has 1 aromatic heterocycles. The number of piperazine rings is 1. The van der Waals surface area contributed by atoms with E-state index in [0.29, 0.717) is 31.1 Å². The number of aryl methyl sites for hydroxylation is 1. The average molecular weight is 434 g/mol. The van der Waals surface area contributed by atoms with Crippen LogP contribution in [0.2, 0.25) is 0 Å². The molecule has 1 atom stereocenters. The van der Waals surface area contributed by atoms with Crippen LogP contribution in [0.25, 0.3) is 11.1 Å².